The predicted octanol–water partition coefficient (Wildman–Crippen LogP) is 3.47. The molecule has 23 heavy (non-hydrogen) atoms. The van der Waals surface area contributed by atoms with Gasteiger partial charge in [-0.05, 0) is 29.8 Å². The Hall–Kier alpha value is -2.60. The Morgan fingerprint density at radius 2 is 2.04 bits per heavy atom. The van der Waals surface area contributed by atoms with Crippen molar-refractivity contribution in [3.05, 3.63) is 70.5 Å². The maximum Gasteiger partial charge on any atom is 0.269 e. The molecule has 0 fully saturated rings. The number of hydrogen-bond acceptors (Lipinski definition) is 3. The molecule has 0 aliphatic carbocycles. The first-order chi connectivity index (χ1) is 11.1. The molecule has 3 N–H and O–H groups in total. The van der Waals surface area contributed by atoms with Gasteiger partial charge < -0.3 is 15.4 Å². The van der Waals surface area contributed by atoms with Gasteiger partial charge in [-0.15, -0.1) is 0 Å². The van der Waals surface area contributed by atoms with E-state index in [1.807, 2.05) is 30.3 Å². The Balaban J connectivity index is 1.69. The average molecular weight is 372 g/mol. The SMILES string of the molecule is O=C(NCc1cccc(O)c1)c1cnc(-c2cccc(Br)c2)[nH]1. The van der Waals surface area contributed by atoms with E-state index in [0.717, 1.165) is 15.6 Å². The number of halogens is 1. The number of phenols is 1. The monoisotopic (exact) mass is 371 g/mol. The summed E-state index contributed by atoms with van der Waals surface area (Å²) in [5.74, 6) is 0.561. The van der Waals surface area contributed by atoms with E-state index < -0.39 is 0 Å². The third kappa shape index (κ3) is 3.78. The number of carbonyl (C=O) groups is 1. The van der Waals surface area contributed by atoms with E-state index in [4.69, 9.17) is 0 Å². The van der Waals surface area contributed by atoms with Gasteiger partial charge in [-0.1, -0.05) is 40.2 Å². The third-order valence-electron chi connectivity index (χ3n) is 3.28. The molecule has 0 saturated heterocycles. The first kappa shape index (κ1) is 15.3. The summed E-state index contributed by atoms with van der Waals surface area (Å²) in [6, 6.07) is 14.4. The molecule has 1 aromatic heterocycles. The Morgan fingerprint density at radius 1 is 1.22 bits per heavy atom. The van der Waals surface area contributed by atoms with Crippen LogP contribution in [0.25, 0.3) is 11.4 Å². The molecule has 0 aliphatic rings. The fraction of sp³-hybridized carbons (Fsp3) is 0.0588. The molecule has 2 aromatic carbocycles. The minimum atomic E-state index is -0.248. The van der Waals surface area contributed by atoms with E-state index in [2.05, 4.69) is 31.2 Å². The molecule has 0 aliphatic heterocycles. The van der Waals surface area contributed by atoms with Gasteiger partial charge in [0.15, 0.2) is 0 Å². The summed E-state index contributed by atoms with van der Waals surface area (Å²) in [7, 11) is 0. The highest BCUT2D eigenvalue weighted by molar-refractivity contribution is 9.10. The van der Waals surface area contributed by atoms with Gasteiger partial charge in [0, 0.05) is 16.6 Å². The van der Waals surface area contributed by atoms with E-state index >= 15 is 0 Å². The van der Waals surface area contributed by atoms with Crippen LogP contribution in [-0.2, 0) is 6.54 Å². The maximum atomic E-state index is 12.2. The molecule has 0 bridgehead atoms. The molecular formula is C17H14BrN3O2. The average Bonchev–Trinajstić information content (AvgIpc) is 3.03. The van der Waals surface area contributed by atoms with E-state index in [0.29, 0.717) is 18.1 Å². The largest absolute Gasteiger partial charge is 0.508 e. The summed E-state index contributed by atoms with van der Waals surface area (Å²) in [6.45, 7) is 0.332. The van der Waals surface area contributed by atoms with Gasteiger partial charge in [0.05, 0.1) is 6.20 Å². The number of H-pyrrole nitrogens is 1. The number of benzene rings is 2. The molecule has 0 spiro atoms. The molecule has 0 unspecified atom stereocenters. The van der Waals surface area contributed by atoms with Crippen LogP contribution < -0.4 is 5.32 Å². The Labute approximate surface area is 141 Å². The van der Waals surface area contributed by atoms with Crippen LogP contribution in [0.1, 0.15) is 16.1 Å². The highest BCUT2D eigenvalue weighted by Crippen LogP contribution is 2.20. The summed E-state index contributed by atoms with van der Waals surface area (Å²) in [5, 5.41) is 12.2. The smallest absolute Gasteiger partial charge is 0.269 e. The van der Waals surface area contributed by atoms with Gasteiger partial charge in [0.1, 0.15) is 17.3 Å². The number of phenolic OH excluding ortho intramolecular Hbond substituents is 1. The molecule has 3 aromatic rings. The van der Waals surface area contributed by atoms with Crippen molar-refractivity contribution in [2.75, 3.05) is 0 Å². The lowest BCUT2D eigenvalue weighted by Crippen LogP contribution is -2.23. The lowest BCUT2D eigenvalue weighted by Gasteiger charge is -2.04. The van der Waals surface area contributed by atoms with E-state index in [1.54, 1.807) is 18.2 Å². The van der Waals surface area contributed by atoms with Crippen molar-refractivity contribution in [1.29, 1.82) is 0 Å². The van der Waals surface area contributed by atoms with Crippen molar-refractivity contribution >= 4 is 21.8 Å². The first-order valence-corrected chi connectivity index (χ1v) is 7.78. The zero-order valence-electron chi connectivity index (χ0n) is 12.1. The van der Waals surface area contributed by atoms with Crippen LogP contribution in [0, 0.1) is 0 Å². The Morgan fingerprint density at radius 3 is 2.83 bits per heavy atom. The number of aromatic nitrogens is 2. The molecule has 6 heteroatoms. The second kappa shape index (κ2) is 6.66. The summed E-state index contributed by atoms with van der Waals surface area (Å²) >= 11 is 3.41. The molecule has 0 radical (unpaired) electrons. The summed E-state index contributed by atoms with van der Waals surface area (Å²) in [6.07, 6.45) is 1.51. The molecule has 3 rings (SSSR count). The normalized spacial score (nSPS) is 10.5. The van der Waals surface area contributed by atoms with Crippen LogP contribution in [-0.4, -0.2) is 21.0 Å². The molecule has 1 amide bonds. The van der Waals surface area contributed by atoms with Crippen LogP contribution in [0.4, 0.5) is 0 Å². The lowest BCUT2D eigenvalue weighted by atomic mass is 10.2. The second-order valence-electron chi connectivity index (χ2n) is 5.01. The molecular weight excluding hydrogens is 358 g/mol. The van der Waals surface area contributed by atoms with Gasteiger partial charge in [-0.25, -0.2) is 4.98 Å². The highest BCUT2D eigenvalue weighted by atomic mass is 79.9. The number of rotatable bonds is 4. The predicted molar refractivity (Wildman–Crippen MR) is 91.0 cm³/mol. The molecule has 1 heterocycles. The fourth-order valence-electron chi connectivity index (χ4n) is 2.16. The quantitative estimate of drug-likeness (QED) is 0.656. The number of carbonyl (C=O) groups excluding carboxylic acids is 1. The van der Waals surface area contributed by atoms with Gasteiger partial charge in [0.25, 0.3) is 5.91 Å². The number of imidazole rings is 1. The standard InChI is InChI=1S/C17H14BrN3O2/c18-13-5-2-4-12(8-13)16-19-10-15(21-16)17(23)20-9-11-3-1-6-14(22)7-11/h1-8,10,22H,9H2,(H,19,21)(H,20,23). The van der Waals surface area contributed by atoms with Crippen LogP contribution in [0.5, 0.6) is 5.75 Å². The summed E-state index contributed by atoms with van der Waals surface area (Å²) in [5.41, 5.74) is 2.11. The number of hydrogen-bond donors (Lipinski definition) is 3. The number of aromatic amines is 1. The van der Waals surface area contributed by atoms with Gasteiger partial charge in [-0.3, -0.25) is 4.79 Å². The van der Waals surface area contributed by atoms with Gasteiger partial charge >= 0.3 is 0 Å². The minimum Gasteiger partial charge on any atom is -0.508 e. The summed E-state index contributed by atoms with van der Waals surface area (Å²) in [4.78, 5) is 19.4. The van der Waals surface area contributed by atoms with Crippen molar-refractivity contribution in [2.24, 2.45) is 0 Å². The first-order valence-electron chi connectivity index (χ1n) is 6.99. The van der Waals surface area contributed by atoms with E-state index in [9.17, 15) is 9.90 Å². The van der Waals surface area contributed by atoms with Crippen molar-refractivity contribution < 1.29 is 9.90 Å². The topological polar surface area (TPSA) is 78.0 Å². The Bertz CT molecular complexity index is 845. The van der Waals surface area contributed by atoms with E-state index in [-0.39, 0.29) is 11.7 Å². The maximum absolute atomic E-state index is 12.2. The van der Waals surface area contributed by atoms with E-state index in [1.165, 1.54) is 6.20 Å². The zero-order valence-corrected chi connectivity index (χ0v) is 13.7. The Kier molecular flexibility index (Phi) is 4.43. The van der Waals surface area contributed by atoms with Gasteiger partial charge in [-0.2, -0.15) is 0 Å². The van der Waals surface area contributed by atoms with Crippen LogP contribution >= 0.6 is 15.9 Å². The van der Waals surface area contributed by atoms with Crippen LogP contribution in [0.2, 0.25) is 0 Å². The van der Waals surface area contributed by atoms with Crippen molar-refractivity contribution in [1.82, 2.24) is 15.3 Å². The highest BCUT2D eigenvalue weighted by Gasteiger charge is 2.10. The number of amides is 1. The lowest BCUT2D eigenvalue weighted by molar-refractivity contribution is 0.0946. The molecule has 0 saturated carbocycles. The number of aromatic hydroxyl groups is 1. The zero-order chi connectivity index (χ0) is 16.2. The minimum absolute atomic E-state index is 0.176. The van der Waals surface area contributed by atoms with Crippen molar-refractivity contribution in [3.63, 3.8) is 0 Å². The molecule has 5 nitrogen and oxygen atoms in total. The molecule has 116 valence electrons. The molecule has 0 atom stereocenters. The number of nitrogens with one attached hydrogen (secondary N) is 2. The van der Waals surface area contributed by atoms with Gasteiger partial charge in [0.2, 0.25) is 0 Å². The fourth-order valence-corrected chi connectivity index (χ4v) is 2.56. The van der Waals surface area contributed by atoms with Crippen molar-refractivity contribution in [3.8, 4) is 17.1 Å². The second-order valence-corrected chi connectivity index (χ2v) is 5.92. The number of nitrogens with zero attached hydrogens (tertiary/aromatic N) is 1. The summed E-state index contributed by atoms with van der Waals surface area (Å²) < 4.78 is 0.946. The van der Waals surface area contributed by atoms with Crippen molar-refractivity contribution in [2.45, 2.75) is 6.54 Å². The van der Waals surface area contributed by atoms with Crippen LogP contribution in [0.15, 0.2) is 59.2 Å². The van der Waals surface area contributed by atoms with Crippen LogP contribution in [0.3, 0.4) is 0 Å². The third-order valence-corrected chi connectivity index (χ3v) is 3.78.